The van der Waals surface area contributed by atoms with Crippen LogP contribution in [0.15, 0.2) is 36.4 Å². The summed E-state index contributed by atoms with van der Waals surface area (Å²) < 4.78 is 4.34. The van der Waals surface area contributed by atoms with Crippen molar-refractivity contribution < 1.29 is 14.7 Å². The summed E-state index contributed by atoms with van der Waals surface area (Å²) in [4.78, 5) is 23.9. The first kappa shape index (κ1) is 15.7. The Morgan fingerprint density at radius 3 is 2.48 bits per heavy atom. The average Bonchev–Trinajstić information content (AvgIpc) is 3.06. The Morgan fingerprint density at radius 2 is 1.83 bits per heavy atom. The lowest BCUT2D eigenvalue weighted by atomic mass is 9.86. The van der Waals surface area contributed by atoms with E-state index in [9.17, 15) is 9.59 Å². The van der Waals surface area contributed by atoms with Gasteiger partial charge in [0, 0.05) is 11.6 Å². The van der Waals surface area contributed by atoms with Crippen molar-refractivity contribution in [3.05, 3.63) is 41.3 Å². The number of carbonyl (C=O) groups is 2. The lowest BCUT2D eigenvalue weighted by Crippen LogP contribution is -2.38. The zero-order valence-corrected chi connectivity index (χ0v) is 13.4. The van der Waals surface area contributed by atoms with Crippen molar-refractivity contribution in [2.75, 3.05) is 0 Å². The molecule has 1 heterocycles. The number of aliphatic carboxylic acids is 1. The molecule has 1 saturated carbocycles. The summed E-state index contributed by atoms with van der Waals surface area (Å²) in [5, 5.41) is 12.0. The summed E-state index contributed by atoms with van der Waals surface area (Å²) in [5.41, 5.74) is 1.79. The molecule has 120 valence electrons. The number of amides is 1. The number of carbonyl (C=O) groups excluding carboxylic acids is 1. The molecular formula is C17H18N2O3S. The first-order chi connectivity index (χ1) is 11.1. The van der Waals surface area contributed by atoms with E-state index in [4.69, 9.17) is 5.11 Å². The number of aromatic nitrogens is 1. The number of carboxylic acid groups (broad SMARTS) is 1. The Kier molecular flexibility index (Phi) is 4.71. The van der Waals surface area contributed by atoms with Crippen LogP contribution in [0.1, 0.15) is 35.4 Å². The van der Waals surface area contributed by atoms with Gasteiger partial charge in [0.15, 0.2) is 0 Å². The summed E-state index contributed by atoms with van der Waals surface area (Å²) in [6.07, 6.45) is 2.68. The number of carboxylic acids is 1. The topological polar surface area (TPSA) is 79.3 Å². The van der Waals surface area contributed by atoms with Gasteiger partial charge in [-0.25, -0.2) is 0 Å². The Morgan fingerprint density at radius 1 is 1.13 bits per heavy atom. The monoisotopic (exact) mass is 330 g/mol. The minimum Gasteiger partial charge on any atom is -0.481 e. The van der Waals surface area contributed by atoms with Gasteiger partial charge in [-0.2, -0.15) is 4.37 Å². The van der Waals surface area contributed by atoms with Gasteiger partial charge in [-0.3, -0.25) is 9.59 Å². The van der Waals surface area contributed by atoms with Crippen LogP contribution in [-0.4, -0.2) is 27.4 Å². The van der Waals surface area contributed by atoms with Crippen LogP contribution in [0.25, 0.3) is 11.3 Å². The molecule has 0 spiro atoms. The first-order valence-electron chi connectivity index (χ1n) is 7.69. The van der Waals surface area contributed by atoms with E-state index in [1.807, 2.05) is 30.3 Å². The lowest BCUT2D eigenvalue weighted by Gasteiger charge is -2.26. The van der Waals surface area contributed by atoms with Gasteiger partial charge in [0.1, 0.15) is 4.88 Å². The Labute approximate surface area is 138 Å². The van der Waals surface area contributed by atoms with Gasteiger partial charge in [0.2, 0.25) is 0 Å². The summed E-state index contributed by atoms with van der Waals surface area (Å²) >= 11 is 1.19. The molecule has 1 fully saturated rings. The van der Waals surface area contributed by atoms with Crippen molar-refractivity contribution in [2.45, 2.75) is 31.7 Å². The lowest BCUT2D eigenvalue weighted by molar-refractivity contribution is -0.142. The fourth-order valence-electron chi connectivity index (χ4n) is 2.87. The molecule has 0 bridgehead atoms. The molecule has 0 radical (unpaired) electrons. The normalized spacial score (nSPS) is 20.9. The van der Waals surface area contributed by atoms with Gasteiger partial charge < -0.3 is 10.4 Å². The van der Waals surface area contributed by atoms with Crippen LogP contribution < -0.4 is 5.32 Å². The maximum absolute atomic E-state index is 12.3. The number of benzene rings is 1. The Balaban J connectivity index is 1.59. The Bertz CT molecular complexity index is 691. The van der Waals surface area contributed by atoms with E-state index in [1.165, 1.54) is 11.5 Å². The third-order valence-electron chi connectivity index (χ3n) is 4.22. The van der Waals surface area contributed by atoms with E-state index in [2.05, 4.69) is 9.69 Å². The summed E-state index contributed by atoms with van der Waals surface area (Å²) in [6, 6.07) is 11.6. The predicted octanol–water partition coefficient (Wildman–Crippen LogP) is 3.18. The first-order valence-corrected chi connectivity index (χ1v) is 8.46. The van der Waals surface area contributed by atoms with E-state index in [0.717, 1.165) is 11.3 Å². The molecule has 1 aromatic heterocycles. The second-order valence-electron chi connectivity index (χ2n) is 5.80. The molecule has 2 aromatic rings. The highest BCUT2D eigenvalue weighted by atomic mass is 32.1. The fourth-order valence-corrected chi connectivity index (χ4v) is 3.53. The van der Waals surface area contributed by atoms with Crippen molar-refractivity contribution in [3.63, 3.8) is 0 Å². The van der Waals surface area contributed by atoms with Crippen molar-refractivity contribution in [1.29, 1.82) is 0 Å². The summed E-state index contributed by atoms with van der Waals surface area (Å²) in [6.45, 7) is 0. The van der Waals surface area contributed by atoms with Crippen LogP contribution in [0.4, 0.5) is 0 Å². The van der Waals surface area contributed by atoms with E-state index in [0.29, 0.717) is 30.6 Å². The maximum Gasteiger partial charge on any atom is 0.306 e. The van der Waals surface area contributed by atoms with Crippen LogP contribution in [0.3, 0.4) is 0 Å². The Hall–Kier alpha value is -2.21. The predicted molar refractivity (Wildman–Crippen MR) is 88.4 cm³/mol. The minimum absolute atomic E-state index is 0.0559. The van der Waals surface area contributed by atoms with Crippen molar-refractivity contribution >= 4 is 23.4 Å². The van der Waals surface area contributed by atoms with Gasteiger partial charge in [-0.1, -0.05) is 30.3 Å². The van der Waals surface area contributed by atoms with Crippen molar-refractivity contribution in [1.82, 2.24) is 9.69 Å². The quantitative estimate of drug-likeness (QED) is 0.902. The van der Waals surface area contributed by atoms with Gasteiger partial charge in [0.25, 0.3) is 5.91 Å². The summed E-state index contributed by atoms with van der Waals surface area (Å²) in [7, 11) is 0. The van der Waals surface area contributed by atoms with Gasteiger partial charge >= 0.3 is 5.97 Å². The van der Waals surface area contributed by atoms with Crippen molar-refractivity contribution in [2.24, 2.45) is 5.92 Å². The van der Waals surface area contributed by atoms with Crippen LogP contribution in [0.2, 0.25) is 0 Å². The van der Waals surface area contributed by atoms with Crippen molar-refractivity contribution in [3.8, 4) is 11.3 Å². The molecule has 3 rings (SSSR count). The molecule has 1 aromatic carbocycles. The molecule has 2 N–H and O–H groups in total. The standard InChI is InChI=1S/C17H18N2O3S/c20-16(18-13-8-6-12(7-9-13)17(21)22)15-10-14(19-23-15)11-4-2-1-3-5-11/h1-5,10,12-13H,6-9H2,(H,18,20)(H,21,22). The fraction of sp³-hybridized carbons (Fsp3) is 0.353. The molecule has 23 heavy (non-hydrogen) atoms. The second-order valence-corrected chi connectivity index (χ2v) is 6.61. The molecule has 0 unspecified atom stereocenters. The zero-order valence-electron chi connectivity index (χ0n) is 12.6. The van der Waals surface area contributed by atoms with E-state index >= 15 is 0 Å². The van der Waals surface area contributed by atoms with Crippen LogP contribution >= 0.6 is 11.5 Å². The smallest absolute Gasteiger partial charge is 0.306 e. The molecule has 0 aliphatic heterocycles. The SMILES string of the molecule is O=C(NC1CCC(C(=O)O)CC1)c1cc(-c2ccccc2)ns1. The number of hydrogen-bond donors (Lipinski definition) is 2. The van der Waals surface area contributed by atoms with Gasteiger partial charge in [0.05, 0.1) is 11.6 Å². The highest BCUT2D eigenvalue weighted by molar-refractivity contribution is 7.08. The van der Waals surface area contributed by atoms with Gasteiger partial charge in [-0.15, -0.1) is 0 Å². The third-order valence-corrected chi connectivity index (χ3v) is 5.00. The van der Waals surface area contributed by atoms with Crippen LogP contribution in [0.5, 0.6) is 0 Å². The second kappa shape index (κ2) is 6.91. The van der Waals surface area contributed by atoms with Crippen LogP contribution in [0, 0.1) is 5.92 Å². The molecule has 1 aliphatic carbocycles. The molecule has 6 heteroatoms. The highest BCUT2D eigenvalue weighted by Gasteiger charge is 2.27. The van der Waals surface area contributed by atoms with Gasteiger partial charge in [-0.05, 0) is 43.3 Å². The summed E-state index contributed by atoms with van der Waals surface area (Å²) in [5.74, 6) is -1.12. The average molecular weight is 330 g/mol. The number of nitrogens with zero attached hydrogens (tertiary/aromatic N) is 1. The minimum atomic E-state index is -0.732. The van der Waals surface area contributed by atoms with E-state index in [1.54, 1.807) is 6.07 Å². The number of nitrogens with one attached hydrogen (secondary N) is 1. The number of hydrogen-bond acceptors (Lipinski definition) is 4. The largest absolute Gasteiger partial charge is 0.481 e. The molecular weight excluding hydrogens is 312 g/mol. The van der Waals surface area contributed by atoms with Crippen LogP contribution in [-0.2, 0) is 4.79 Å². The maximum atomic E-state index is 12.3. The molecule has 0 saturated heterocycles. The number of rotatable bonds is 4. The molecule has 1 aliphatic rings. The molecule has 1 amide bonds. The zero-order chi connectivity index (χ0) is 16.2. The van der Waals surface area contributed by atoms with E-state index in [-0.39, 0.29) is 17.9 Å². The molecule has 0 atom stereocenters. The third kappa shape index (κ3) is 3.76. The highest BCUT2D eigenvalue weighted by Crippen LogP contribution is 2.26. The van der Waals surface area contributed by atoms with E-state index < -0.39 is 5.97 Å². The molecule has 5 nitrogen and oxygen atoms in total.